The molecule has 0 unspecified atom stereocenters. The van der Waals surface area contributed by atoms with Crippen LogP contribution in [0.5, 0.6) is 5.75 Å². The number of aliphatic hydroxyl groups excluding tert-OH is 1. The topological polar surface area (TPSA) is 62.0 Å². The van der Waals surface area contributed by atoms with Gasteiger partial charge in [-0.25, -0.2) is 0 Å². The van der Waals surface area contributed by atoms with E-state index in [4.69, 9.17) is 15.6 Å². The molecular formula is C15H25N3O2. The molecule has 1 aliphatic rings. The third-order valence-electron chi connectivity index (χ3n) is 3.78. The summed E-state index contributed by atoms with van der Waals surface area (Å²) in [6.07, 6.45) is 0. The normalized spacial score (nSPS) is 18.9. The van der Waals surface area contributed by atoms with Crippen molar-refractivity contribution in [3.05, 3.63) is 29.8 Å². The van der Waals surface area contributed by atoms with E-state index in [1.165, 1.54) is 0 Å². The predicted molar refractivity (Wildman–Crippen MR) is 79.9 cm³/mol. The van der Waals surface area contributed by atoms with Crippen molar-refractivity contribution in [2.24, 2.45) is 5.73 Å². The Kier molecular flexibility index (Phi) is 5.79. The SMILES string of the molecule is CN1CCN(CCOc2ccc([C@@H](N)CO)cc2)CC1. The summed E-state index contributed by atoms with van der Waals surface area (Å²) >= 11 is 0. The van der Waals surface area contributed by atoms with Crippen LogP contribution in [0.15, 0.2) is 24.3 Å². The van der Waals surface area contributed by atoms with E-state index >= 15 is 0 Å². The highest BCUT2D eigenvalue weighted by Crippen LogP contribution is 2.16. The molecular weight excluding hydrogens is 254 g/mol. The first-order valence-electron chi connectivity index (χ1n) is 7.19. The van der Waals surface area contributed by atoms with Crippen LogP contribution in [0.25, 0.3) is 0 Å². The number of hydrogen-bond acceptors (Lipinski definition) is 5. The van der Waals surface area contributed by atoms with Crippen LogP contribution in [0.3, 0.4) is 0 Å². The van der Waals surface area contributed by atoms with Crippen LogP contribution in [0.1, 0.15) is 11.6 Å². The minimum atomic E-state index is -0.311. The van der Waals surface area contributed by atoms with Crippen molar-refractivity contribution < 1.29 is 9.84 Å². The largest absolute Gasteiger partial charge is 0.492 e. The maximum atomic E-state index is 9.00. The average Bonchev–Trinajstić information content (AvgIpc) is 2.49. The smallest absolute Gasteiger partial charge is 0.119 e. The number of rotatable bonds is 6. The summed E-state index contributed by atoms with van der Waals surface area (Å²) in [4.78, 5) is 4.77. The molecule has 112 valence electrons. The van der Waals surface area contributed by atoms with Crippen LogP contribution in [0.2, 0.25) is 0 Å². The lowest BCUT2D eigenvalue weighted by molar-refractivity contribution is 0.133. The minimum Gasteiger partial charge on any atom is -0.492 e. The van der Waals surface area contributed by atoms with E-state index in [-0.39, 0.29) is 12.6 Å². The Morgan fingerprint density at radius 1 is 1.20 bits per heavy atom. The molecule has 5 heteroatoms. The fourth-order valence-corrected chi connectivity index (χ4v) is 2.28. The molecule has 2 rings (SSSR count). The van der Waals surface area contributed by atoms with Gasteiger partial charge in [0, 0.05) is 32.7 Å². The Bertz CT molecular complexity index is 389. The maximum Gasteiger partial charge on any atom is 0.119 e. The Morgan fingerprint density at radius 2 is 1.85 bits per heavy atom. The summed E-state index contributed by atoms with van der Waals surface area (Å²) in [6.45, 7) is 6.13. The molecule has 1 aromatic rings. The Hall–Kier alpha value is -1.14. The number of ether oxygens (including phenoxy) is 1. The molecule has 1 heterocycles. The highest BCUT2D eigenvalue weighted by atomic mass is 16.5. The molecule has 0 aliphatic carbocycles. The minimum absolute atomic E-state index is 0.0381. The van der Waals surface area contributed by atoms with E-state index in [9.17, 15) is 0 Å². The van der Waals surface area contributed by atoms with Gasteiger partial charge in [0.25, 0.3) is 0 Å². The molecule has 1 saturated heterocycles. The Labute approximate surface area is 120 Å². The maximum absolute atomic E-state index is 9.00. The predicted octanol–water partition coefficient (Wildman–Crippen LogP) is 0.305. The lowest BCUT2D eigenvalue weighted by Gasteiger charge is -2.32. The molecule has 0 bridgehead atoms. The number of nitrogens with zero attached hydrogens (tertiary/aromatic N) is 2. The summed E-state index contributed by atoms with van der Waals surface area (Å²) < 4.78 is 5.75. The van der Waals surface area contributed by atoms with Crippen LogP contribution < -0.4 is 10.5 Å². The molecule has 0 amide bonds. The third kappa shape index (κ3) is 4.45. The van der Waals surface area contributed by atoms with Gasteiger partial charge in [0.15, 0.2) is 0 Å². The number of benzene rings is 1. The molecule has 1 atom stereocenters. The van der Waals surface area contributed by atoms with E-state index in [2.05, 4.69) is 16.8 Å². The van der Waals surface area contributed by atoms with E-state index in [0.29, 0.717) is 6.61 Å². The van der Waals surface area contributed by atoms with Crippen LogP contribution in [0, 0.1) is 0 Å². The quantitative estimate of drug-likeness (QED) is 0.784. The van der Waals surface area contributed by atoms with Crippen LogP contribution in [-0.4, -0.2) is 67.9 Å². The van der Waals surface area contributed by atoms with Crippen molar-refractivity contribution >= 4 is 0 Å². The van der Waals surface area contributed by atoms with Gasteiger partial charge in [-0.2, -0.15) is 0 Å². The standard InChI is InChI=1S/C15H25N3O2/c1-17-6-8-18(9-7-17)10-11-20-14-4-2-13(3-5-14)15(16)12-19/h2-5,15,19H,6-12,16H2,1H3/t15-/m0/s1. The van der Waals surface area contributed by atoms with Gasteiger partial charge in [0.05, 0.1) is 12.6 Å². The Morgan fingerprint density at radius 3 is 2.45 bits per heavy atom. The van der Waals surface area contributed by atoms with Gasteiger partial charge in [-0.3, -0.25) is 4.90 Å². The molecule has 0 aromatic heterocycles. The fourth-order valence-electron chi connectivity index (χ4n) is 2.28. The van der Waals surface area contributed by atoms with E-state index in [1.807, 2.05) is 24.3 Å². The first-order valence-corrected chi connectivity index (χ1v) is 7.19. The van der Waals surface area contributed by atoms with Crippen molar-refractivity contribution in [2.45, 2.75) is 6.04 Å². The summed E-state index contributed by atoms with van der Waals surface area (Å²) in [5.41, 5.74) is 6.68. The zero-order chi connectivity index (χ0) is 14.4. The Balaban J connectivity index is 1.71. The van der Waals surface area contributed by atoms with Gasteiger partial charge in [-0.1, -0.05) is 12.1 Å². The molecule has 3 N–H and O–H groups in total. The second-order valence-electron chi connectivity index (χ2n) is 5.35. The van der Waals surface area contributed by atoms with Gasteiger partial charge in [0.1, 0.15) is 12.4 Å². The van der Waals surface area contributed by atoms with Crippen LogP contribution >= 0.6 is 0 Å². The first-order chi connectivity index (χ1) is 9.69. The molecule has 1 aromatic carbocycles. The fraction of sp³-hybridized carbons (Fsp3) is 0.600. The molecule has 1 fully saturated rings. The lowest BCUT2D eigenvalue weighted by Crippen LogP contribution is -2.45. The van der Waals surface area contributed by atoms with Crippen LogP contribution in [0.4, 0.5) is 0 Å². The van der Waals surface area contributed by atoms with Gasteiger partial charge >= 0.3 is 0 Å². The van der Waals surface area contributed by atoms with Gasteiger partial charge in [-0.15, -0.1) is 0 Å². The molecule has 5 nitrogen and oxygen atoms in total. The molecule has 1 aliphatic heterocycles. The van der Waals surface area contributed by atoms with Gasteiger partial charge < -0.3 is 20.5 Å². The number of hydrogen-bond donors (Lipinski definition) is 2. The van der Waals surface area contributed by atoms with Crippen LogP contribution in [-0.2, 0) is 0 Å². The monoisotopic (exact) mass is 279 g/mol. The highest BCUT2D eigenvalue weighted by Gasteiger charge is 2.13. The van der Waals surface area contributed by atoms with E-state index in [1.54, 1.807) is 0 Å². The van der Waals surface area contributed by atoms with E-state index in [0.717, 1.165) is 44.0 Å². The summed E-state index contributed by atoms with van der Waals surface area (Å²) in [7, 11) is 2.16. The number of aliphatic hydroxyl groups is 1. The first kappa shape index (κ1) is 15.3. The van der Waals surface area contributed by atoms with Crippen molar-refractivity contribution in [2.75, 3.05) is 53.0 Å². The zero-order valence-corrected chi connectivity index (χ0v) is 12.2. The van der Waals surface area contributed by atoms with Crippen molar-refractivity contribution in [3.8, 4) is 5.75 Å². The summed E-state index contributed by atoms with van der Waals surface area (Å²) in [6, 6.07) is 7.33. The highest BCUT2D eigenvalue weighted by molar-refractivity contribution is 5.29. The molecule has 0 spiro atoms. The number of piperazine rings is 1. The summed E-state index contributed by atoms with van der Waals surface area (Å²) in [5, 5.41) is 9.00. The molecule has 0 saturated carbocycles. The number of likely N-dealkylation sites (N-methyl/N-ethyl adjacent to an activating group) is 1. The second-order valence-corrected chi connectivity index (χ2v) is 5.35. The van der Waals surface area contributed by atoms with Gasteiger partial charge in [-0.05, 0) is 24.7 Å². The number of nitrogens with two attached hydrogens (primary N) is 1. The van der Waals surface area contributed by atoms with E-state index < -0.39 is 0 Å². The zero-order valence-electron chi connectivity index (χ0n) is 12.2. The molecule has 0 radical (unpaired) electrons. The third-order valence-corrected chi connectivity index (χ3v) is 3.78. The second kappa shape index (κ2) is 7.59. The van der Waals surface area contributed by atoms with Crippen molar-refractivity contribution in [3.63, 3.8) is 0 Å². The lowest BCUT2D eigenvalue weighted by atomic mass is 10.1. The average molecular weight is 279 g/mol. The van der Waals surface area contributed by atoms with Gasteiger partial charge in [0.2, 0.25) is 0 Å². The summed E-state index contributed by atoms with van der Waals surface area (Å²) in [5.74, 6) is 0.855. The van der Waals surface area contributed by atoms with Crippen molar-refractivity contribution in [1.29, 1.82) is 0 Å². The van der Waals surface area contributed by atoms with Crippen molar-refractivity contribution in [1.82, 2.24) is 9.80 Å². The molecule has 20 heavy (non-hydrogen) atoms.